The van der Waals surface area contributed by atoms with E-state index in [2.05, 4.69) is 4.74 Å². The third kappa shape index (κ3) is 5.87. The molecule has 0 aliphatic rings. The summed E-state index contributed by atoms with van der Waals surface area (Å²) in [5.41, 5.74) is 5.11. The van der Waals surface area contributed by atoms with Gasteiger partial charge in [0.1, 0.15) is 6.61 Å². The van der Waals surface area contributed by atoms with Gasteiger partial charge in [0.2, 0.25) is 0 Å². The second-order valence-corrected chi connectivity index (χ2v) is 3.18. The van der Waals surface area contributed by atoms with E-state index in [0.717, 1.165) is 0 Å². The van der Waals surface area contributed by atoms with E-state index in [-0.39, 0.29) is 6.61 Å². The Morgan fingerprint density at radius 2 is 1.54 bits per heavy atom. The lowest BCUT2D eigenvalue weighted by Gasteiger charge is -2.26. The largest absolute Gasteiger partial charge is 0.411 e. The van der Waals surface area contributed by atoms with Gasteiger partial charge in [-0.15, -0.1) is 0 Å². The Morgan fingerprint density at radius 3 is 1.85 bits per heavy atom. The molecule has 0 saturated heterocycles. The molecule has 0 heterocycles. The van der Waals surface area contributed by atoms with Crippen LogP contribution in [0.25, 0.3) is 0 Å². The summed E-state index contributed by atoms with van der Waals surface area (Å²) in [7, 11) is 0. The maximum absolute atomic E-state index is 11.7. The highest BCUT2D eigenvalue weighted by atomic mass is 19.4. The molecule has 0 rings (SSSR count). The molecule has 0 aliphatic carbocycles. The highest BCUT2D eigenvalue weighted by Gasteiger charge is 2.29. The maximum atomic E-state index is 11.7. The average molecular weight is 199 g/mol. The van der Waals surface area contributed by atoms with E-state index in [4.69, 9.17) is 5.73 Å². The SMILES string of the molecule is CCC(N)(CC)COCC(F)(F)F. The lowest BCUT2D eigenvalue weighted by molar-refractivity contribution is -0.177. The molecule has 0 aromatic carbocycles. The van der Waals surface area contributed by atoms with E-state index in [0.29, 0.717) is 12.8 Å². The minimum absolute atomic E-state index is 0.0422. The Bertz CT molecular complexity index is 143. The van der Waals surface area contributed by atoms with E-state index in [1.807, 2.05) is 13.8 Å². The maximum Gasteiger partial charge on any atom is 0.411 e. The van der Waals surface area contributed by atoms with Crippen molar-refractivity contribution in [1.82, 2.24) is 0 Å². The van der Waals surface area contributed by atoms with Crippen LogP contribution in [0.3, 0.4) is 0 Å². The van der Waals surface area contributed by atoms with Crippen LogP contribution in [0.15, 0.2) is 0 Å². The molecular weight excluding hydrogens is 183 g/mol. The van der Waals surface area contributed by atoms with E-state index in [9.17, 15) is 13.2 Å². The summed E-state index contributed by atoms with van der Waals surface area (Å²) in [6, 6.07) is 0. The van der Waals surface area contributed by atoms with Crippen LogP contribution in [-0.4, -0.2) is 24.9 Å². The Hall–Kier alpha value is -0.290. The van der Waals surface area contributed by atoms with Crippen molar-refractivity contribution in [2.24, 2.45) is 5.73 Å². The quantitative estimate of drug-likeness (QED) is 0.735. The van der Waals surface area contributed by atoms with Crippen molar-refractivity contribution in [1.29, 1.82) is 0 Å². The van der Waals surface area contributed by atoms with Crippen LogP contribution in [-0.2, 0) is 4.74 Å². The van der Waals surface area contributed by atoms with Crippen LogP contribution in [0.2, 0.25) is 0 Å². The first-order valence-corrected chi connectivity index (χ1v) is 4.26. The Kier molecular flexibility index (Phi) is 4.70. The summed E-state index contributed by atoms with van der Waals surface area (Å²) >= 11 is 0. The summed E-state index contributed by atoms with van der Waals surface area (Å²) in [4.78, 5) is 0. The predicted octanol–water partition coefficient (Wildman–Crippen LogP) is 2.08. The number of nitrogens with two attached hydrogens (primary N) is 1. The highest BCUT2D eigenvalue weighted by Crippen LogP contribution is 2.17. The van der Waals surface area contributed by atoms with Crippen molar-refractivity contribution in [3.63, 3.8) is 0 Å². The third-order valence-corrected chi connectivity index (χ3v) is 2.06. The first-order chi connectivity index (χ1) is 5.83. The van der Waals surface area contributed by atoms with Crippen LogP contribution in [0.5, 0.6) is 0 Å². The van der Waals surface area contributed by atoms with Gasteiger partial charge in [-0.3, -0.25) is 0 Å². The van der Waals surface area contributed by atoms with E-state index in [1.54, 1.807) is 0 Å². The molecule has 2 N–H and O–H groups in total. The number of hydrogen-bond acceptors (Lipinski definition) is 2. The second kappa shape index (κ2) is 4.81. The van der Waals surface area contributed by atoms with E-state index >= 15 is 0 Å². The number of rotatable bonds is 5. The summed E-state index contributed by atoms with van der Waals surface area (Å²) in [6.45, 7) is 2.41. The van der Waals surface area contributed by atoms with Gasteiger partial charge in [0.25, 0.3) is 0 Å². The van der Waals surface area contributed by atoms with Gasteiger partial charge < -0.3 is 10.5 Å². The zero-order valence-electron chi connectivity index (χ0n) is 7.95. The summed E-state index contributed by atoms with van der Waals surface area (Å²) in [5.74, 6) is 0. The van der Waals surface area contributed by atoms with Gasteiger partial charge in [-0.05, 0) is 12.8 Å². The van der Waals surface area contributed by atoms with Crippen LogP contribution >= 0.6 is 0 Å². The fraction of sp³-hybridized carbons (Fsp3) is 1.00. The minimum atomic E-state index is -4.26. The molecule has 0 amide bonds. The minimum Gasteiger partial charge on any atom is -0.370 e. The predicted molar refractivity (Wildman–Crippen MR) is 44.4 cm³/mol. The fourth-order valence-corrected chi connectivity index (χ4v) is 0.824. The van der Waals surface area contributed by atoms with Crippen LogP contribution < -0.4 is 5.73 Å². The van der Waals surface area contributed by atoms with Gasteiger partial charge in [0, 0.05) is 5.54 Å². The Labute approximate surface area is 76.2 Å². The van der Waals surface area contributed by atoms with Crippen LogP contribution in [0.1, 0.15) is 26.7 Å². The van der Waals surface area contributed by atoms with Gasteiger partial charge in [-0.25, -0.2) is 0 Å². The summed E-state index contributed by atoms with van der Waals surface area (Å²) in [6.07, 6.45) is -3.04. The molecule has 0 spiro atoms. The molecule has 0 aromatic rings. The zero-order valence-corrected chi connectivity index (χ0v) is 7.95. The van der Waals surface area contributed by atoms with Crippen molar-refractivity contribution < 1.29 is 17.9 Å². The second-order valence-electron chi connectivity index (χ2n) is 3.18. The summed E-state index contributed by atoms with van der Waals surface area (Å²) < 4.78 is 39.5. The highest BCUT2D eigenvalue weighted by molar-refractivity contribution is 4.80. The van der Waals surface area contributed by atoms with E-state index in [1.165, 1.54) is 0 Å². The molecule has 0 saturated carbocycles. The van der Waals surface area contributed by atoms with Gasteiger partial charge in [0.15, 0.2) is 0 Å². The zero-order chi connectivity index (χ0) is 10.5. The molecule has 0 fully saturated rings. The molecule has 2 nitrogen and oxygen atoms in total. The molecule has 0 aromatic heterocycles. The first-order valence-electron chi connectivity index (χ1n) is 4.26. The lowest BCUT2D eigenvalue weighted by atomic mass is 9.96. The van der Waals surface area contributed by atoms with E-state index < -0.39 is 18.3 Å². The lowest BCUT2D eigenvalue weighted by Crippen LogP contribution is -2.44. The average Bonchev–Trinajstić information content (AvgIpc) is 2.02. The monoisotopic (exact) mass is 199 g/mol. The number of halogens is 3. The van der Waals surface area contributed by atoms with Crippen LogP contribution in [0.4, 0.5) is 13.2 Å². The van der Waals surface area contributed by atoms with Crippen molar-refractivity contribution >= 4 is 0 Å². The number of ether oxygens (including phenoxy) is 1. The van der Waals surface area contributed by atoms with Crippen molar-refractivity contribution in [3.05, 3.63) is 0 Å². The molecule has 0 aliphatic heterocycles. The molecule has 5 heteroatoms. The smallest absolute Gasteiger partial charge is 0.370 e. The Balaban J connectivity index is 3.74. The summed E-state index contributed by atoms with van der Waals surface area (Å²) in [5, 5.41) is 0. The van der Waals surface area contributed by atoms with Gasteiger partial charge >= 0.3 is 6.18 Å². The number of alkyl halides is 3. The first kappa shape index (κ1) is 12.7. The molecule has 0 radical (unpaired) electrons. The van der Waals surface area contributed by atoms with Crippen molar-refractivity contribution in [2.75, 3.05) is 13.2 Å². The van der Waals surface area contributed by atoms with Crippen LogP contribution in [0, 0.1) is 0 Å². The van der Waals surface area contributed by atoms with Gasteiger partial charge in [-0.2, -0.15) is 13.2 Å². The normalized spacial score (nSPS) is 13.4. The molecule has 80 valence electrons. The Morgan fingerprint density at radius 1 is 1.08 bits per heavy atom. The molecular formula is C8H16F3NO. The third-order valence-electron chi connectivity index (χ3n) is 2.06. The standard InChI is InChI=1S/C8H16F3NO/c1-3-7(12,4-2)5-13-6-8(9,10)11/h3-6,12H2,1-2H3. The van der Waals surface area contributed by atoms with Crippen molar-refractivity contribution in [3.8, 4) is 0 Å². The van der Waals surface area contributed by atoms with Gasteiger partial charge in [0.05, 0.1) is 6.61 Å². The molecule has 0 atom stereocenters. The van der Waals surface area contributed by atoms with Gasteiger partial charge in [-0.1, -0.05) is 13.8 Å². The topological polar surface area (TPSA) is 35.2 Å². The number of hydrogen-bond donors (Lipinski definition) is 1. The molecule has 13 heavy (non-hydrogen) atoms. The fourth-order valence-electron chi connectivity index (χ4n) is 0.824. The molecule has 0 unspecified atom stereocenters. The molecule has 0 bridgehead atoms. The van der Waals surface area contributed by atoms with Crippen molar-refractivity contribution in [2.45, 2.75) is 38.4 Å².